The molecule has 0 N–H and O–H groups in total. The average Bonchev–Trinajstić information content (AvgIpc) is 3.36. The summed E-state index contributed by atoms with van der Waals surface area (Å²) in [6, 6.07) is 24.6. The fourth-order valence-electron chi connectivity index (χ4n) is 5.17. The fourth-order valence-corrected chi connectivity index (χ4v) is 5.17. The summed E-state index contributed by atoms with van der Waals surface area (Å²) in [5, 5.41) is 6.86. The summed E-state index contributed by atoms with van der Waals surface area (Å²) in [5.74, 6) is 0.693. The molecule has 2 atom stereocenters. The quantitative estimate of drug-likeness (QED) is 0.347. The predicted molar refractivity (Wildman–Crippen MR) is 149 cm³/mol. The number of benzene rings is 3. The lowest BCUT2D eigenvalue weighted by Gasteiger charge is -2.37. The lowest BCUT2D eigenvalue weighted by atomic mass is 9.86. The average molecular weight is 496 g/mol. The predicted octanol–water partition coefficient (Wildman–Crippen LogP) is 6.58. The second kappa shape index (κ2) is 10.1. The van der Waals surface area contributed by atoms with Gasteiger partial charge in [-0.05, 0) is 41.3 Å². The standard InChI is InChI=1S/C32H37N3O2/c1-6-34(7-2)21-22-12-14-23(15-13-22)27-20-28-26-10-8-9-11-29(26)37-31(35(28)33-27)30(36)24-16-18-25(19-17-24)32(3,4)5/h8-19,28,31H,6-7,20-21H2,1-5H3. The van der Waals surface area contributed by atoms with Gasteiger partial charge in [-0.15, -0.1) is 0 Å². The van der Waals surface area contributed by atoms with Gasteiger partial charge in [0, 0.05) is 24.1 Å². The molecule has 0 bridgehead atoms. The molecule has 0 fully saturated rings. The van der Waals surface area contributed by atoms with E-state index in [-0.39, 0.29) is 17.2 Å². The molecule has 0 aromatic heterocycles. The lowest BCUT2D eigenvalue weighted by molar-refractivity contribution is -0.00455. The Balaban J connectivity index is 1.43. The van der Waals surface area contributed by atoms with Gasteiger partial charge in [-0.1, -0.05) is 101 Å². The third-order valence-electron chi connectivity index (χ3n) is 7.55. The van der Waals surface area contributed by atoms with Crippen molar-refractivity contribution in [2.75, 3.05) is 13.1 Å². The molecule has 0 saturated heterocycles. The number of nitrogens with zero attached hydrogens (tertiary/aromatic N) is 3. The summed E-state index contributed by atoms with van der Waals surface area (Å²) in [7, 11) is 0. The van der Waals surface area contributed by atoms with Crippen molar-refractivity contribution in [3.63, 3.8) is 0 Å². The van der Waals surface area contributed by atoms with Crippen LogP contribution in [0.3, 0.4) is 0 Å². The smallest absolute Gasteiger partial charge is 0.251 e. The molecule has 2 unspecified atom stereocenters. The lowest BCUT2D eigenvalue weighted by Crippen LogP contribution is -2.45. The first-order valence-electron chi connectivity index (χ1n) is 13.4. The first-order chi connectivity index (χ1) is 17.8. The van der Waals surface area contributed by atoms with Crippen molar-refractivity contribution in [3.8, 4) is 5.75 Å². The summed E-state index contributed by atoms with van der Waals surface area (Å²) in [5.41, 5.74) is 6.32. The van der Waals surface area contributed by atoms with E-state index < -0.39 is 6.23 Å². The number of Topliss-reactive ketones (excluding diaryl/α,β-unsaturated/α-hetero) is 1. The van der Waals surface area contributed by atoms with Crippen LogP contribution in [-0.4, -0.2) is 40.7 Å². The Kier molecular flexibility index (Phi) is 6.91. The molecule has 0 aliphatic carbocycles. The van der Waals surface area contributed by atoms with Gasteiger partial charge in [-0.3, -0.25) is 9.69 Å². The topological polar surface area (TPSA) is 45.1 Å². The number of carbonyl (C=O) groups excluding carboxylic acids is 1. The van der Waals surface area contributed by atoms with Crippen molar-refractivity contribution >= 4 is 11.5 Å². The monoisotopic (exact) mass is 495 g/mol. The molecule has 2 aliphatic rings. The first-order valence-corrected chi connectivity index (χ1v) is 13.4. The van der Waals surface area contributed by atoms with Crippen LogP contribution in [0.5, 0.6) is 5.75 Å². The molecule has 0 spiro atoms. The molecule has 0 amide bonds. The van der Waals surface area contributed by atoms with Crippen LogP contribution in [0, 0.1) is 0 Å². The summed E-state index contributed by atoms with van der Waals surface area (Å²) >= 11 is 0. The van der Waals surface area contributed by atoms with E-state index in [4.69, 9.17) is 9.84 Å². The number of ether oxygens (including phenoxy) is 1. The Bertz CT molecular complexity index is 1280. The molecule has 3 aromatic rings. The Labute approximate surface area is 220 Å². The number of hydrazone groups is 1. The summed E-state index contributed by atoms with van der Waals surface area (Å²) in [6.45, 7) is 13.9. The number of carbonyl (C=O) groups is 1. The van der Waals surface area contributed by atoms with Crippen LogP contribution in [0.25, 0.3) is 0 Å². The van der Waals surface area contributed by atoms with Gasteiger partial charge in [0.05, 0.1) is 11.8 Å². The van der Waals surface area contributed by atoms with Crippen molar-refractivity contribution in [2.45, 2.75) is 65.3 Å². The van der Waals surface area contributed by atoms with Crippen LogP contribution in [0.15, 0.2) is 77.9 Å². The normalized spacial score (nSPS) is 18.8. The summed E-state index contributed by atoms with van der Waals surface area (Å²) < 4.78 is 6.30. The number of hydrogen-bond acceptors (Lipinski definition) is 5. The second-order valence-electron chi connectivity index (χ2n) is 11.0. The largest absolute Gasteiger partial charge is 0.461 e. The van der Waals surface area contributed by atoms with Crippen molar-refractivity contribution in [2.24, 2.45) is 5.10 Å². The van der Waals surface area contributed by atoms with Gasteiger partial charge in [0.15, 0.2) is 0 Å². The number of rotatable bonds is 7. The first kappa shape index (κ1) is 25.2. The molecular weight excluding hydrogens is 458 g/mol. The minimum absolute atomic E-state index is 0.0295. The third-order valence-corrected chi connectivity index (χ3v) is 7.55. The zero-order chi connectivity index (χ0) is 26.2. The zero-order valence-electron chi connectivity index (χ0n) is 22.6. The van der Waals surface area contributed by atoms with Crippen LogP contribution in [0.2, 0.25) is 0 Å². The molecule has 0 radical (unpaired) electrons. The number of fused-ring (bicyclic) bond motifs is 3. The number of hydrogen-bond donors (Lipinski definition) is 0. The third kappa shape index (κ3) is 5.05. The van der Waals surface area contributed by atoms with Crippen LogP contribution >= 0.6 is 0 Å². The molecule has 37 heavy (non-hydrogen) atoms. The zero-order valence-corrected chi connectivity index (χ0v) is 22.6. The van der Waals surface area contributed by atoms with Crippen molar-refractivity contribution in [1.82, 2.24) is 9.91 Å². The fraction of sp³-hybridized carbons (Fsp3) is 0.375. The van der Waals surface area contributed by atoms with E-state index in [1.807, 2.05) is 47.5 Å². The molecule has 5 nitrogen and oxygen atoms in total. The minimum atomic E-state index is -0.792. The molecule has 2 aliphatic heterocycles. The van der Waals surface area contributed by atoms with E-state index in [2.05, 4.69) is 69.9 Å². The van der Waals surface area contributed by atoms with Gasteiger partial charge in [-0.2, -0.15) is 5.10 Å². The Morgan fingerprint density at radius 1 is 0.973 bits per heavy atom. The number of para-hydroxylation sites is 1. The maximum absolute atomic E-state index is 13.7. The molecule has 5 heteroatoms. The molecule has 2 heterocycles. The second-order valence-corrected chi connectivity index (χ2v) is 11.0. The van der Waals surface area contributed by atoms with Crippen LogP contribution in [0.1, 0.15) is 79.7 Å². The van der Waals surface area contributed by atoms with Gasteiger partial charge >= 0.3 is 0 Å². The maximum Gasteiger partial charge on any atom is 0.251 e. The van der Waals surface area contributed by atoms with Crippen LogP contribution in [0.4, 0.5) is 0 Å². The highest BCUT2D eigenvalue weighted by Crippen LogP contribution is 2.43. The van der Waals surface area contributed by atoms with Gasteiger partial charge in [-0.25, -0.2) is 5.01 Å². The van der Waals surface area contributed by atoms with E-state index in [0.29, 0.717) is 5.56 Å². The Morgan fingerprint density at radius 2 is 1.65 bits per heavy atom. The minimum Gasteiger partial charge on any atom is -0.461 e. The highest BCUT2D eigenvalue weighted by molar-refractivity contribution is 6.03. The Hall–Kier alpha value is -3.44. The van der Waals surface area contributed by atoms with Crippen LogP contribution < -0.4 is 4.74 Å². The van der Waals surface area contributed by atoms with Crippen molar-refractivity contribution in [3.05, 3.63) is 101 Å². The molecule has 3 aromatic carbocycles. The van der Waals surface area contributed by atoms with E-state index in [1.54, 1.807) is 0 Å². The highest BCUT2D eigenvalue weighted by Gasteiger charge is 2.43. The van der Waals surface area contributed by atoms with Crippen molar-refractivity contribution in [1.29, 1.82) is 0 Å². The molecule has 5 rings (SSSR count). The number of ketones is 1. The van der Waals surface area contributed by atoms with E-state index >= 15 is 0 Å². The van der Waals surface area contributed by atoms with Gasteiger partial charge in [0.2, 0.25) is 5.78 Å². The summed E-state index contributed by atoms with van der Waals surface area (Å²) in [6.07, 6.45) is -0.0532. The SMILES string of the molecule is CCN(CC)Cc1ccc(C2=NN3C(C(=O)c4ccc(C(C)(C)C)cc4)Oc4ccccc4C3C2)cc1. The van der Waals surface area contributed by atoms with E-state index in [0.717, 1.165) is 48.6 Å². The van der Waals surface area contributed by atoms with Gasteiger partial charge in [0.1, 0.15) is 5.75 Å². The van der Waals surface area contributed by atoms with Gasteiger partial charge in [0.25, 0.3) is 6.23 Å². The van der Waals surface area contributed by atoms with Gasteiger partial charge < -0.3 is 4.74 Å². The molecular formula is C32H37N3O2. The summed E-state index contributed by atoms with van der Waals surface area (Å²) in [4.78, 5) is 16.1. The van der Waals surface area contributed by atoms with E-state index in [9.17, 15) is 4.79 Å². The van der Waals surface area contributed by atoms with Crippen LogP contribution in [-0.2, 0) is 12.0 Å². The maximum atomic E-state index is 13.7. The molecule has 192 valence electrons. The molecule has 0 saturated carbocycles. The van der Waals surface area contributed by atoms with E-state index in [1.165, 1.54) is 11.1 Å². The van der Waals surface area contributed by atoms with Crippen molar-refractivity contribution < 1.29 is 9.53 Å². The highest BCUT2D eigenvalue weighted by atomic mass is 16.5. The Morgan fingerprint density at radius 3 is 2.30 bits per heavy atom.